The number of aryl methyl sites for hydroxylation is 1. The maximum atomic E-state index is 13.0. The van der Waals surface area contributed by atoms with E-state index in [0.29, 0.717) is 6.54 Å². The first-order chi connectivity index (χ1) is 5.61. The van der Waals surface area contributed by atoms with Crippen molar-refractivity contribution in [1.82, 2.24) is 9.55 Å². The maximum absolute atomic E-state index is 13.0. The van der Waals surface area contributed by atoms with E-state index < -0.39 is 12.5 Å². The van der Waals surface area contributed by atoms with Gasteiger partial charge in [0.25, 0.3) is 0 Å². The normalized spacial score (nSPS) is 12.0. The van der Waals surface area contributed by atoms with Crippen molar-refractivity contribution in [3.63, 3.8) is 0 Å². The highest BCUT2D eigenvalue weighted by atomic mass is 19.3. The van der Waals surface area contributed by atoms with E-state index >= 15 is 0 Å². The molecule has 0 spiro atoms. The lowest BCUT2D eigenvalue weighted by Gasteiger charge is -2.14. The van der Waals surface area contributed by atoms with Crippen molar-refractivity contribution < 1.29 is 8.78 Å². The fraction of sp³-hybridized carbons (Fsp3) is 0.571. The molecule has 0 aliphatic heterocycles. The lowest BCUT2D eigenvalue weighted by atomic mass is 10.3. The van der Waals surface area contributed by atoms with Crippen molar-refractivity contribution in [3.05, 3.63) is 18.2 Å². The van der Waals surface area contributed by atoms with Crippen molar-refractivity contribution in [2.45, 2.75) is 19.4 Å². The first kappa shape index (κ1) is 9.12. The van der Waals surface area contributed by atoms with Gasteiger partial charge in [0.05, 0.1) is 6.54 Å². The molecular formula is C7H11F2N3. The van der Waals surface area contributed by atoms with Crippen molar-refractivity contribution in [1.29, 1.82) is 0 Å². The Labute approximate surface area is 69.2 Å². The number of aromatic nitrogens is 2. The molecule has 1 heterocycles. The van der Waals surface area contributed by atoms with Crippen molar-refractivity contribution >= 4 is 0 Å². The Morgan fingerprint density at radius 3 is 2.83 bits per heavy atom. The summed E-state index contributed by atoms with van der Waals surface area (Å²) in [6, 6.07) is 0. The topological polar surface area (TPSA) is 43.8 Å². The van der Waals surface area contributed by atoms with Gasteiger partial charge in [-0.15, -0.1) is 0 Å². The van der Waals surface area contributed by atoms with E-state index in [1.165, 1.54) is 17.0 Å². The molecule has 1 rings (SSSR count). The third-order valence-electron chi connectivity index (χ3n) is 1.64. The molecular weight excluding hydrogens is 164 g/mol. The molecule has 0 aliphatic rings. The zero-order chi connectivity index (χ0) is 9.19. The minimum atomic E-state index is -3.01. The lowest BCUT2D eigenvalue weighted by molar-refractivity contribution is -0.00681. The number of nitrogens with two attached hydrogens (primary N) is 1. The first-order valence-electron chi connectivity index (χ1n) is 3.71. The number of alkyl halides is 2. The van der Waals surface area contributed by atoms with E-state index in [4.69, 9.17) is 5.73 Å². The fourth-order valence-electron chi connectivity index (χ4n) is 0.980. The SMILES string of the molecule is CCn1ccnc1C(F)(F)CN. The van der Waals surface area contributed by atoms with Crippen LogP contribution in [0.4, 0.5) is 8.78 Å². The average molecular weight is 175 g/mol. The molecule has 0 saturated carbocycles. The highest BCUT2D eigenvalue weighted by Crippen LogP contribution is 2.24. The van der Waals surface area contributed by atoms with Crippen LogP contribution >= 0.6 is 0 Å². The van der Waals surface area contributed by atoms with Crippen molar-refractivity contribution in [2.75, 3.05) is 6.54 Å². The van der Waals surface area contributed by atoms with Gasteiger partial charge in [-0.05, 0) is 6.92 Å². The average Bonchev–Trinajstić information content (AvgIpc) is 2.52. The Morgan fingerprint density at radius 2 is 2.33 bits per heavy atom. The van der Waals surface area contributed by atoms with Gasteiger partial charge in [-0.25, -0.2) is 4.98 Å². The largest absolute Gasteiger partial charge is 0.330 e. The van der Waals surface area contributed by atoms with Crippen LogP contribution in [0, 0.1) is 0 Å². The monoisotopic (exact) mass is 175 g/mol. The van der Waals surface area contributed by atoms with Crippen LogP contribution in [0.2, 0.25) is 0 Å². The predicted octanol–water partition coefficient (Wildman–Crippen LogP) is 0.954. The Morgan fingerprint density at radius 1 is 1.67 bits per heavy atom. The Kier molecular flexibility index (Phi) is 2.42. The van der Waals surface area contributed by atoms with Crippen LogP contribution in [0.3, 0.4) is 0 Å². The summed E-state index contributed by atoms with van der Waals surface area (Å²) in [5, 5.41) is 0. The molecule has 1 aromatic rings. The van der Waals surface area contributed by atoms with E-state index in [9.17, 15) is 8.78 Å². The second-order valence-electron chi connectivity index (χ2n) is 2.45. The molecule has 0 bridgehead atoms. The fourth-order valence-corrected chi connectivity index (χ4v) is 0.980. The zero-order valence-electron chi connectivity index (χ0n) is 6.80. The molecule has 2 N–H and O–H groups in total. The second-order valence-corrected chi connectivity index (χ2v) is 2.45. The summed E-state index contributed by atoms with van der Waals surface area (Å²) >= 11 is 0. The van der Waals surface area contributed by atoms with Gasteiger partial charge in [0.2, 0.25) is 0 Å². The van der Waals surface area contributed by atoms with Gasteiger partial charge < -0.3 is 10.3 Å². The molecule has 0 amide bonds. The number of rotatable bonds is 3. The molecule has 5 heteroatoms. The van der Waals surface area contributed by atoms with Gasteiger partial charge in [-0.3, -0.25) is 0 Å². The van der Waals surface area contributed by atoms with Gasteiger partial charge in [0, 0.05) is 18.9 Å². The first-order valence-corrected chi connectivity index (χ1v) is 3.71. The highest BCUT2D eigenvalue weighted by molar-refractivity contribution is 5.01. The molecule has 0 atom stereocenters. The number of halogens is 2. The standard InChI is InChI=1S/C7H11F2N3/c1-2-12-4-3-11-6(12)7(8,9)5-10/h3-4H,2,5,10H2,1H3. The second kappa shape index (κ2) is 3.18. The van der Waals surface area contributed by atoms with E-state index in [0.717, 1.165) is 0 Å². The van der Waals surface area contributed by atoms with Crippen molar-refractivity contribution in [3.8, 4) is 0 Å². The van der Waals surface area contributed by atoms with Gasteiger partial charge in [-0.1, -0.05) is 0 Å². The van der Waals surface area contributed by atoms with Crippen LogP contribution in [0.5, 0.6) is 0 Å². The number of hydrogen-bond donors (Lipinski definition) is 1. The summed E-state index contributed by atoms with van der Waals surface area (Å²) in [6.07, 6.45) is 2.86. The smallest absolute Gasteiger partial charge is 0.316 e. The zero-order valence-corrected chi connectivity index (χ0v) is 6.80. The van der Waals surface area contributed by atoms with E-state index in [1.807, 2.05) is 0 Å². The summed E-state index contributed by atoms with van der Waals surface area (Å²) in [5.74, 6) is -3.27. The molecule has 0 fully saturated rings. The van der Waals surface area contributed by atoms with Gasteiger partial charge >= 0.3 is 5.92 Å². The summed E-state index contributed by atoms with van der Waals surface area (Å²) in [4.78, 5) is 3.56. The van der Waals surface area contributed by atoms with E-state index in [-0.39, 0.29) is 5.82 Å². The van der Waals surface area contributed by atoms with Crippen LogP contribution in [-0.4, -0.2) is 16.1 Å². The maximum Gasteiger partial charge on any atom is 0.316 e. The number of nitrogens with zero attached hydrogens (tertiary/aromatic N) is 2. The van der Waals surface area contributed by atoms with Crippen LogP contribution in [0.1, 0.15) is 12.7 Å². The summed E-state index contributed by atoms with van der Waals surface area (Å²) in [5.41, 5.74) is 4.92. The summed E-state index contributed by atoms with van der Waals surface area (Å²) < 4.78 is 27.3. The lowest BCUT2D eigenvalue weighted by Crippen LogP contribution is -2.28. The van der Waals surface area contributed by atoms with E-state index in [1.54, 1.807) is 6.92 Å². The van der Waals surface area contributed by atoms with Crippen molar-refractivity contribution in [2.24, 2.45) is 5.73 Å². The minimum absolute atomic E-state index is 0.257. The number of hydrogen-bond acceptors (Lipinski definition) is 2. The van der Waals surface area contributed by atoms with Crippen LogP contribution in [0.15, 0.2) is 12.4 Å². The molecule has 12 heavy (non-hydrogen) atoms. The Bertz CT molecular complexity index is 257. The van der Waals surface area contributed by atoms with Crippen LogP contribution in [-0.2, 0) is 12.5 Å². The van der Waals surface area contributed by atoms with Gasteiger partial charge in [-0.2, -0.15) is 8.78 Å². The molecule has 0 unspecified atom stereocenters. The van der Waals surface area contributed by atoms with Crippen LogP contribution in [0.25, 0.3) is 0 Å². The predicted molar refractivity (Wildman–Crippen MR) is 40.8 cm³/mol. The Hall–Kier alpha value is -0.970. The molecule has 0 aliphatic carbocycles. The molecule has 68 valence electrons. The molecule has 0 radical (unpaired) electrons. The summed E-state index contributed by atoms with van der Waals surface area (Å²) in [7, 11) is 0. The Balaban J connectivity index is 3.00. The van der Waals surface area contributed by atoms with Gasteiger partial charge in [0.15, 0.2) is 5.82 Å². The van der Waals surface area contributed by atoms with Gasteiger partial charge in [0.1, 0.15) is 0 Å². The van der Waals surface area contributed by atoms with Crippen LogP contribution < -0.4 is 5.73 Å². The molecule has 3 nitrogen and oxygen atoms in total. The van der Waals surface area contributed by atoms with E-state index in [2.05, 4.69) is 4.98 Å². The highest BCUT2D eigenvalue weighted by Gasteiger charge is 2.34. The molecule has 0 saturated heterocycles. The minimum Gasteiger partial charge on any atom is -0.330 e. The summed E-state index contributed by atoms with van der Waals surface area (Å²) in [6.45, 7) is 1.55. The third-order valence-corrected chi connectivity index (χ3v) is 1.64. The molecule has 0 aromatic carbocycles. The number of imidazole rings is 1. The molecule has 1 aromatic heterocycles. The third kappa shape index (κ3) is 1.45. The quantitative estimate of drug-likeness (QED) is 0.743.